The average Bonchev–Trinajstić information content (AvgIpc) is 2.81. The summed E-state index contributed by atoms with van der Waals surface area (Å²) in [6.45, 7) is 3.63. The van der Waals surface area contributed by atoms with Crippen molar-refractivity contribution >= 4 is 23.2 Å². The average molecular weight is 505 g/mol. The van der Waals surface area contributed by atoms with E-state index in [1.54, 1.807) is 0 Å². The normalized spacial score (nSPS) is 16.7. The Morgan fingerprint density at radius 1 is 1.19 bits per heavy atom. The van der Waals surface area contributed by atoms with Crippen LogP contribution in [0.15, 0.2) is 41.6 Å². The second kappa shape index (κ2) is 9.57. The van der Waals surface area contributed by atoms with E-state index in [0.29, 0.717) is 37.6 Å². The maximum Gasteiger partial charge on any atom is 0.417 e. The van der Waals surface area contributed by atoms with Gasteiger partial charge in [0.15, 0.2) is 0 Å². The van der Waals surface area contributed by atoms with Gasteiger partial charge >= 0.3 is 6.18 Å². The van der Waals surface area contributed by atoms with Crippen molar-refractivity contribution in [1.82, 2.24) is 19.9 Å². The van der Waals surface area contributed by atoms with E-state index in [9.17, 15) is 22.8 Å². The Hall–Kier alpha value is -4.00. The van der Waals surface area contributed by atoms with Crippen LogP contribution in [0.1, 0.15) is 22.8 Å². The second-order valence-corrected chi connectivity index (χ2v) is 8.53. The lowest BCUT2D eigenvalue weighted by molar-refractivity contribution is -0.138. The van der Waals surface area contributed by atoms with Gasteiger partial charge in [0.25, 0.3) is 5.91 Å². The Balaban J connectivity index is 1.80. The van der Waals surface area contributed by atoms with E-state index < -0.39 is 34.6 Å². The number of piperazine rings is 1. The van der Waals surface area contributed by atoms with Crippen molar-refractivity contribution in [2.24, 2.45) is 0 Å². The van der Waals surface area contributed by atoms with Crippen LogP contribution < -0.4 is 21.5 Å². The number of anilines is 3. The van der Waals surface area contributed by atoms with Gasteiger partial charge in [-0.2, -0.15) is 13.2 Å². The van der Waals surface area contributed by atoms with Gasteiger partial charge in [0.2, 0.25) is 11.5 Å². The zero-order valence-corrected chi connectivity index (χ0v) is 19.4. The number of nitrogens with one attached hydrogen (secondary N) is 2. The lowest BCUT2D eigenvalue weighted by Gasteiger charge is -2.39. The molecule has 1 atom stereocenters. The molecule has 0 aliphatic carbocycles. The highest BCUT2D eigenvalue weighted by atomic mass is 19.4. The molecule has 190 valence electrons. The van der Waals surface area contributed by atoms with E-state index in [0.717, 1.165) is 0 Å². The molecule has 1 aromatic carbocycles. The number of nitrogens with zero attached hydrogens (tertiary/aromatic N) is 4. The number of carbonyl (C=O) groups excluding carboxylic acids is 1. The predicted molar refractivity (Wildman–Crippen MR) is 126 cm³/mol. The third-order valence-corrected chi connectivity index (χ3v) is 6.09. The number of nitrogen functional groups attached to an aromatic ring is 1. The van der Waals surface area contributed by atoms with Gasteiger partial charge in [0.1, 0.15) is 5.82 Å². The Morgan fingerprint density at radius 3 is 2.53 bits per heavy atom. The standard InChI is InChI=1S/C23H23F4N7O2/c1-12-11-34(4-3-33(12)2)19-7-17(24)14(13-8-30-22(28)31-9-13)5-18(19)32-21(36)15-10-29-20(35)6-16(15)23(25,26)27/h5-10,12H,3-4,11H2,1-2H3,(H,29,35)(H,32,36)(H2,28,30,31)/t12-/m0/s1. The maximum atomic E-state index is 15.2. The second-order valence-electron chi connectivity index (χ2n) is 8.53. The number of halogens is 4. The van der Waals surface area contributed by atoms with E-state index >= 15 is 4.39 Å². The number of amides is 1. The fourth-order valence-corrected chi connectivity index (χ4v) is 3.97. The molecular weight excluding hydrogens is 482 g/mol. The van der Waals surface area contributed by atoms with Gasteiger partial charge in [-0.25, -0.2) is 14.4 Å². The van der Waals surface area contributed by atoms with Crippen LogP contribution in [0, 0.1) is 5.82 Å². The highest BCUT2D eigenvalue weighted by Crippen LogP contribution is 2.36. The van der Waals surface area contributed by atoms with Crippen molar-refractivity contribution < 1.29 is 22.4 Å². The summed E-state index contributed by atoms with van der Waals surface area (Å²) in [5, 5.41) is 2.48. The van der Waals surface area contributed by atoms with Crippen LogP contribution in [0.2, 0.25) is 0 Å². The fraction of sp³-hybridized carbons (Fsp3) is 0.304. The number of pyridine rings is 1. The van der Waals surface area contributed by atoms with E-state index in [-0.39, 0.29) is 28.8 Å². The number of hydrogen-bond acceptors (Lipinski definition) is 7. The molecule has 0 bridgehead atoms. The molecule has 0 spiro atoms. The summed E-state index contributed by atoms with van der Waals surface area (Å²) >= 11 is 0. The number of aromatic amines is 1. The Labute approximate surface area is 203 Å². The minimum absolute atomic E-state index is 0.0199. The number of likely N-dealkylation sites (N-methyl/N-ethyl adjacent to an activating group) is 1. The predicted octanol–water partition coefficient (Wildman–Crippen LogP) is 2.96. The van der Waals surface area contributed by atoms with Crippen LogP contribution in [-0.2, 0) is 6.18 Å². The lowest BCUT2D eigenvalue weighted by Crippen LogP contribution is -2.50. The first-order valence-electron chi connectivity index (χ1n) is 10.9. The summed E-state index contributed by atoms with van der Waals surface area (Å²) < 4.78 is 55.8. The van der Waals surface area contributed by atoms with Gasteiger partial charge < -0.3 is 25.8 Å². The van der Waals surface area contributed by atoms with Crippen molar-refractivity contribution in [3.63, 3.8) is 0 Å². The van der Waals surface area contributed by atoms with Gasteiger partial charge in [-0.1, -0.05) is 0 Å². The molecule has 1 amide bonds. The molecule has 36 heavy (non-hydrogen) atoms. The molecule has 0 radical (unpaired) electrons. The van der Waals surface area contributed by atoms with Crippen molar-refractivity contribution in [2.75, 3.05) is 42.6 Å². The summed E-state index contributed by atoms with van der Waals surface area (Å²) in [5.74, 6) is -1.77. The van der Waals surface area contributed by atoms with Crippen molar-refractivity contribution in [3.05, 3.63) is 64.1 Å². The summed E-state index contributed by atoms with van der Waals surface area (Å²) in [5.41, 5.74) is 3.02. The molecular formula is C23H23F4N7O2. The minimum Gasteiger partial charge on any atom is -0.368 e. The number of benzene rings is 1. The van der Waals surface area contributed by atoms with E-state index in [1.807, 2.05) is 18.9 Å². The van der Waals surface area contributed by atoms with E-state index in [1.165, 1.54) is 24.5 Å². The molecule has 3 aromatic rings. The molecule has 0 unspecified atom stereocenters. The number of aromatic nitrogens is 3. The van der Waals surface area contributed by atoms with Crippen LogP contribution in [0.5, 0.6) is 0 Å². The number of H-pyrrole nitrogens is 1. The van der Waals surface area contributed by atoms with Crippen molar-refractivity contribution in [2.45, 2.75) is 19.1 Å². The Morgan fingerprint density at radius 2 is 1.89 bits per heavy atom. The third-order valence-electron chi connectivity index (χ3n) is 6.09. The smallest absolute Gasteiger partial charge is 0.368 e. The van der Waals surface area contributed by atoms with Crippen LogP contribution in [0.3, 0.4) is 0 Å². The SMILES string of the molecule is C[C@H]1CN(c2cc(F)c(-c3cnc(N)nc3)cc2NC(=O)c2c[nH]c(=O)cc2C(F)(F)F)CCN1C. The van der Waals surface area contributed by atoms with Gasteiger partial charge in [-0.05, 0) is 26.1 Å². The molecule has 0 saturated carbocycles. The summed E-state index contributed by atoms with van der Waals surface area (Å²) in [6, 6.07) is 2.96. The van der Waals surface area contributed by atoms with Crippen molar-refractivity contribution in [3.8, 4) is 11.1 Å². The monoisotopic (exact) mass is 505 g/mol. The molecule has 1 saturated heterocycles. The Kier molecular flexibility index (Phi) is 6.67. The lowest BCUT2D eigenvalue weighted by atomic mass is 10.0. The fourth-order valence-electron chi connectivity index (χ4n) is 3.97. The van der Waals surface area contributed by atoms with Crippen LogP contribution in [0.4, 0.5) is 34.9 Å². The number of hydrogen-bond donors (Lipinski definition) is 3. The molecule has 9 nitrogen and oxygen atoms in total. The minimum atomic E-state index is -4.94. The van der Waals surface area contributed by atoms with E-state index in [4.69, 9.17) is 5.73 Å². The topological polar surface area (TPSA) is 120 Å². The number of carbonyl (C=O) groups is 1. The third kappa shape index (κ3) is 5.15. The first-order chi connectivity index (χ1) is 16.9. The van der Waals surface area contributed by atoms with Gasteiger partial charge in [0.05, 0.1) is 22.5 Å². The molecule has 1 fully saturated rings. The molecule has 4 rings (SSSR count). The number of rotatable bonds is 4. The summed E-state index contributed by atoms with van der Waals surface area (Å²) in [7, 11) is 1.95. The Bertz CT molecular complexity index is 1340. The maximum absolute atomic E-state index is 15.2. The summed E-state index contributed by atoms with van der Waals surface area (Å²) in [4.78, 5) is 38.3. The molecule has 1 aliphatic heterocycles. The first kappa shape index (κ1) is 25.1. The van der Waals surface area contributed by atoms with Crippen LogP contribution >= 0.6 is 0 Å². The van der Waals surface area contributed by atoms with E-state index in [2.05, 4.69) is 25.2 Å². The summed E-state index contributed by atoms with van der Waals surface area (Å²) in [6.07, 6.45) is -1.64. The molecule has 4 N–H and O–H groups in total. The van der Waals surface area contributed by atoms with Crippen molar-refractivity contribution in [1.29, 1.82) is 0 Å². The van der Waals surface area contributed by atoms with Crippen LogP contribution in [0.25, 0.3) is 11.1 Å². The quantitative estimate of drug-likeness (QED) is 0.467. The van der Waals surface area contributed by atoms with Gasteiger partial charge in [-0.15, -0.1) is 0 Å². The first-order valence-corrected chi connectivity index (χ1v) is 10.9. The largest absolute Gasteiger partial charge is 0.417 e. The number of nitrogens with two attached hydrogens (primary N) is 1. The number of alkyl halides is 3. The van der Waals surface area contributed by atoms with Crippen LogP contribution in [-0.4, -0.2) is 58.5 Å². The highest BCUT2D eigenvalue weighted by Gasteiger charge is 2.36. The van der Waals surface area contributed by atoms with Gasteiger partial charge in [0, 0.05) is 61.5 Å². The molecule has 1 aliphatic rings. The molecule has 2 aromatic heterocycles. The zero-order valence-electron chi connectivity index (χ0n) is 19.4. The molecule has 13 heteroatoms. The molecule has 3 heterocycles. The highest BCUT2D eigenvalue weighted by molar-refractivity contribution is 6.07. The van der Waals surface area contributed by atoms with Gasteiger partial charge in [-0.3, -0.25) is 9.59 Å². The zero-order chi connectivity index (χ0) is 26.2.